The zero-order valence-corrected chi connectivity index (χ0v) is 14.4. The number of hydrogen-bond donors (Lipinski definition) is 1. The highest BCUT2D eigenvalue weighted by Crippen LogP contribution is 2.29. The molecule has 1 aliphatic rings. The van der Waals surface area contributed by atoms with Gasteiger partial charge in [0, 0.05) is 31.9 Å². The van der Waals surface area contributed by atoms with Gasteiger partial charge in [-0.05, 0) is 35.9 Å². The average Bonchev–Trinajstić information content (AvgIpc) is 3.14. The smallest absolute Gasteiger partial charge is 0.161 e. The summed E-state index contributed by atoms with van der Waals surface area (Å²) in [5.74, 6) is 2.37. The van der Waals surface area contributed by atoms with Crippen molar-refractivity contribution in [3.63, 3.8) is 0 Å². The maximum absolute atomic E-state index is 5.93. The molecule has 3 rings (SSSR count). The number of methoxy groups -OCH3 is 1. The fraction of sp³-hybridized carbons (Fsp3) is 0.316. The third kappa shape index (κ3) is 3.62. The van der Waals surface area contributed by atoms with Crippen LogP contribution in [0.15, 0.2) is 47.5 Å². The van der Waals surface area contributed by atoms with Gasteiger partial charge in [0.05, 0.1) is 13.7 Å². The fourth-order valence-corrected chi connectivity index (χ4v) is 2.58. The Morgan fingerprint density at radius 2 is 1.88 bits per heavy atom. The number of nitrogens with one attached hydrogen (secondary N) is 1. The predicted octanol–water partition coefficient (Wildman–Crippen LogP) is 2.69. The minimum absolute atomic E-state index is 0.503. The summed E-state index contributed by atoms with van der Waals surface area (Å²) in [6.07, 6.45) is 0. The molecule has 1 aliphatic heterocycles. The predicted molar refractivity (Wildman–Crippen MR) is 97.5 cm³/mol. The molecule has 2 aromatic carbocycles. The van der Waals surface area contributed by atoms with Crippen molar-refractivity contribution < 1.29 is 9.47 Å². The summed E-state index contributed by atoms with van der Waals surface area (Å²) in [7, 11) is 5.71. The minimum Gasteiger partial charge on any atom is -0.493 e. The number of hydrogen-bond acceptors (Lipinski definition) is 5. The van der Waals surface area contributed by atoms with Crippen LogP contribution < -0.4 is 19.7 Å². The van der Waals surface area contributed by atoms with Crippen molar-refractivity contribution in [1.82, 2.24) is 5.32 Å². The van der Waals surface area contributed by atoms with Gasteiger partial charge in [-0.3, -0.25) is 4.99 Å². The molecule has 0 aliphatic carbocycles. The third-order valence-corrected chi connectivity index (χ3v) is 3.96. The second-order valence-corrected chi connectivity index (χ2v) is 5.87. The summed E-state index contributed by atoms with van der Waals surface area (Å²) in [4.78, 5) is 6.51. The number of anilines is 1. The lowest BCUT2D eigenvalue weighted by molar-refractivity contribution is 0.284. The maximum atomic E-state index is 5.93. The average molecular weight is 325 g/mol. The molecular weight excluding hydrogens is 302 g/mol. The molecule has 0 atom stereocenters. The highest BCUT2D eigenvalue weighted by molar-refractivity contribution is 6.00. The molecule has 0 saturated carbocycles. The lowest BCUT2D eigenvalue weighted by Gasteiger charge is -2.14. The van der Waals surface area contributed by atoms with Gasteiger partial charge in [-0.15, -0.1) is 0 Å². The molecular formula is C19H23N3O2. The van der Waals surface area contributed by atoms with Crippen LogP contribution in [0.1, 0.15) is 11.1 Å². The standard InChI is InChI=1S/C19H23N3O2/c1-22(2)16-7-4-14(5-8-16)13-24-17-9-6-15(12-18(17)23-3)19-20-10-11-21-19/h4-9,12H,10-11,13H2,1-3H3,(H,20,21). The zero-order valence-electron chi connectivity index (χ0n) is 14.4. The van der Waals surface area contributed by atoms with Crippen LogP contribution in [0.5, 0.6) is 11.5 Å². The molecule has 0 spiro atoms. The normalized spacial score (nSPS) is 13.2. The van der Waals surface area contributed by atoms with Gasteiger partial charge in [0.2, 0.25) is 0 Å². The first-order valence-electron chi connectivity index (χ1n) is 8.03. The van der Waals surface area contributed by atoms with E-state index in [2.05, 4.69) is 39.5 Å². The summed E-state index contributed by atoms with van der Waals surface area (Å²) in [6, 6.07) is 14.2. The molecule has 0 unspecified atom stereocenters. The quantitative estimate of drug-likeness (QED) is 0.887. The molecule has 0 saturated heterocycles. The number of amidine groups is 1. The summed E-state index contributed by atoms with van der Waals surface area (Å²) < 4.78 is 11.4. The molecule has 5 nitrogen and oxygen atoms in total. The van der Waals surface area contributed by atoms with Crippen molar-refractivity contribution in [3.8, 4) is 11.5 Å². The Morgan fingerprint density at radius 3 is 2.50 bits per heavy atom. The van der Waals surface area contributed by atoms with Crippen molar-refractivity contribution in [3.05, 3.63) is 53.6 Å². The van der Waals surface area contributed by atoms with Gasteiger partial charge in [-0.25, -0.2) is 0 Å². The molecule has 5 heteroatoms. The Balaban J connectivity index is 1.70. The van der Waals surface area contributed by atoms with Gasteiger partial charge in [-0.1, -0.05) is 12.1 Å². The van der Waals surface area contributed by atoms with E-state index in [1.165, 1.54) is 5.69 Å². The lowest BCUT2D eigenvalue weighted by Crippen LogP contribution is -2.19. The summed E-state index contributed by atoms with van der Waals surface area (Å²) in [5, 5.41) is 3.27. The van der Waals surface area contributed by atoms with Crippen LogP contribution in [0, 0.1) is 0 Å². The molecule has 1 heterocycles. The van der Waals surface area contributed by atoms with Crippen LogP contribution in [-0.2, 0) is 6.61 Å². The SMILES string of the molecule is COc1cc(C2=NCCN2)ccc1OCc1ccc(N(C)C)cc1. The first-order valence-corrected chi connectivity index (χ1v) is 8.03. The van der Waals surface area contributed by atoms with E-state index in [4.69, 9.17) is 9.47 Å². The van der Waals surface area contributed by atoms with E-state index in [-0.39, 0.29) is 0 Å². The van der Waals surface area contributed by atoms with Gasteiger partial charge in [0.15, 0.2) is 11.5 Å². The van der Waals surface area contributed by atoms with Crippen molar-refractivity contribution in [2.45, 2.75) is 6.61 Å². The number of benzene rings is 2. The van der Waals surface area contributed by atoms with Crippen molar-refractivity contribution in [2.75, 3.05) is 39.2 Å². The van der Waals surface area contributed by atoms with Gasteiger partial charge < -0.3 is 19.7 Å². The van der Waals surface area contributed by atoms with Gasteiger partial charge >= 0.3 is 0 Å². The number of nitrogens with zero attached hydrogens (tertiary/aromatic N) is 2. The molecule has 126 valence electrons. The summed E-state index contributed by atoms with van der Waals surface area (Å²) >= 11 is 0. The van der Waals surface area contributed by atoms with Crippen LogP contribution in [0.4, 0.5) is 5.69 Å². The van der Waals surface area contributed by atoms with Crippen LogP contribution >= 0.6 is 0 Å². The Bertz CT molecular complexity index is 724. The molecule has 1 N–H and O–H groups in total. The molecule has 0 bridgehead atoms. The number of ether oxygens (including phenoxy) is 2. The molecule has 0 fully saturated rings. The van der Waals surface area contributed by atoms with Crippen LogP contribution in [0.3, 0.4) is 0 Å². The van der Waals surface area contributed by atoms with Crippen molar-refractivity contribution >= 4 is 11.5 Å². The van der Waals surface area contributed by atoms with Gasteiger partial charge in [0.1, 0.15) is 12.4 Å². The third-order valence-electron chi connectivity index (χ3n) is 3.96. The molecule has 0 radical (unpaired) electrons. The Hall–Kier alpha value is -2.69. The summed E-state index contributed by atoms with van der Waals surface area (Å²) in [5.41, 5.74) is 3.31. The second kappa shape index (κ2) is 7.25. The minimum atomic E-state index is 0.503. The Morgan fingerprint density at radius 1 is 1.08 bits per heavy atom. The Labute approximate surface area is 142 Å². The van der Waals surface area contributed by atoms with Crippen LogP contribution in [0.25, 0.3) is 0 Å². The van der Waals surface area contributed by atoms with Gasteiger partial charge in [-0.2, -0.15) is 0 Å². The summed E-state index contributed by atoms with van der Waals surface area (Å²) in [6.45, 7) is 2.21. The van der Waals surface area contributed by atoms with E-state index < -0.39 is 0 Å². The molecule has 0 amide bonds. The van der Waals surface area contributed by atoms with E-state index in [0.717, 1.165) is 35.8 Å². The second-order valence-electron chi connectivity index (χ2n) is 5.87. The number of rotatable bonds is 6. The van der Waals surface area contributed by atoms with E-state index in [0.29, 0.717) is 12.4 Å². The molecule has 0 aromatic heterocycles. The zero-order chi connectivity index (χ0) is 16.9. The Kier molecular flexibility index (Phi) is 4.89. The molecule has 24 heavy (non-hydrogen) atoms. The topological polar surface area (TPSA) is 46.1 Å². The largest absolute Gasteiger partial charge is 0.493 e. The number of aliphatic imine (C=N–C) groups is 1. The fourth-order valence-electron chi connectivity index (χ4n) is 2.58. The highest BCUT2D eigenvalue weighted by atomic mass is 16.5. The van der Waals surface area contributed by atoms with Crippen molar-refractivity contribution in [1.29, 1.82) is 0 Å². The monoisotopic (exact) mass is 325 g/mol. The molecule has 2 aromatic rings. The van der Waals surface area contributed by atoms with E-state index >= 15 is 0 Å². The maximum Gasteiger partial charge on any atom is 0.161 e. The van der Waals surface area contributed by atoms with E-state index in [9.17, 15) is 0 Å². The van der Waals surface area contributed by atoms with Crippen molar-refractivity contribution in [2.24, 2.45) is 4.99 Å². The van der Waals surface area contributed by atoms with Gasteiger partial charge in [0.25, 0.3) is 0 Å². The lowest BCUT2D eigenvalue weighted by atomic mass is 10.1. The van der Waals surface area contributed by atoms with E-state index in [1.54, 1.807) is 7.11 Å². The van der Waals surface area contributed by atoms with Crippen LogP contribution in [0.2, 0.25) is 0 Å². The van der Waals surface area contributed by atoms with Crippen LogP contribution in [-0.4, -0.2) is 40.1 Å². The first-order chi connectivity index (χ1) is 11.7. The van der Waals surface area contributed by atoms with E-state index in [1.807, 2.05) is 32.3 Å². The highest BCUT2D eigenvalue weighted by Gasteiger charge is 2.12. The first kappa shape index (κ1) is 16.2.